The van der Waals surface area contributed by atoms with Crippen LogP contribution in [0.2, 0.25) is 0 Å². The van der Waals surface area contributed by atoms with E-state index in [0.29, 0.717) is 5.75 Å². The van der Waals surface area contributed by atoms with Gasteiger partial charge in [-0.15, -0.1) is 0 Å². The van der Waals surface area contributed by atoms with Crippen molar-refractivity contribution >= 4 is 0 Å². The average molecular weight is 250 g/mol. The molecular weight excluding hydrogens is 228 g/mol. The van der Waals surface area contributed by atoms with E-state index in [2.05, 4.69) is 16.3 Å². The van der Waals surface area contributed by atoms with Gasteiger partial charge in [-0.1, -0.05) is 12.1 Å². The average Bonchev–Trinajstić information content (AvgIpc) is 2.41. The van der Waals surface area contributed by atoms with Gasteiger partial charge in [0.25, 0.3) is 0 Å². The van der Waals surface area contributed by atoms with Crippen LogP contribution in [0.15, 0.2) is 12.1 Å². The topological polar surface area (TPSA) is 44.7 Å². The molecule has 1 fully saturated rings. The molecule has 1 saturated heterocycles. The van der Waals surface area contributed by atoms with Gasteiger partial charge in [0.1, 0.15) is 0 Å². The van der Waals surface area contributed by atoms with Crippen molar-refractivity contribution in [2.24, 2.45) is 0 Å². The van der Waals surface area contributed by atoms with Crippen LogP contribution in [-0.2, 0) is 6.42 Å². The molecule has 0 bridgehead atoms. The van der Waals surface area contributed by atoms with Crippen LogP contribution in [0.4, 0.5) is 0 Å². The summed E-state index contributed by atoms with van der Waals surface area (Å²) in [6.07, 6.45) is 0.914. The van der Waals surface area contributed by atoms with Gasteiger partial charge in [-0.2, -0.15) is 0 Å². The van der Waals surface area contributed by atoms with Gasteiger partial charge in [0, 0.05) is 32.7 Å². The van der Waals surface area contributed by atoms with Crippen LogP contribution < -0.4 is 10.1 Å². The van der Waals surface area contributed by atoms with E-state index in [4.69, 9.17) is 4.74 Å². The molecule has 1 aliphatic heterocycles. The van der Waals surface area contributed by atoms with E-state index >= 15 is 0 Å². The number of hydrogen-bond donors (Lipinski definition) is 2. The summed E-state index contributed by atoms with van der Waals surface area (Å²) in [6, 6.07) is 4.00. The second kappa shape index (κ2) is 6.07. The van der Waals surface area contributed by atoms with Crippen molar-refractivity contribution in [3.05, 3.63) is 23.3 Å². The van der Waals surface area contributed by atoms with Crippen molar-refractivity contribution in [1.29, 1.82) is 0 Å². The fraction of sp³-hybridized carbons (Fsp3) is 0.571. The minimum atomic E-state index is 0.273. The highest BCUT2D eigenvalue weighted by Crippen LogP contribution is 2.33. The zero-order valence-electron chi connectivity index (χ0n) is 11.2. The molecule has 0 saturated carbocycles. The molecule has 0 atom stereocenters. The van der Waals surface area contributed by atoms with Crippen molar-refractivity contribution in [2.45, 2.75) is 13.3 Å². The number of phenolic OH excluding ortho intramolecular Hbond substituents is 1. The van der Waals surface area contributed by atoms with Crippen LogP contribution in [-0.4, -0.2) is 49.8 Å². The fourth-order valence-electron chi connectivity index (χ4n) is 2.35. The Morgan fingerprint density at radius 1 is 1.33 bits per heavy atom. The van der Waals surface area contributed by atoms with Crippen molar-refractivity contribution in [3.63, 3.8) is 0 Å². The minimum Gasteiger partial charge on any atom is -0.504 e. The Balaban J connectivity index is 2.02. The molecule has 18 heavy (non-hydrogen) atoms. The van der Waals surface area contributed by atoms with Gasteiger partial charge in [0.15, 0.2) is 11.5 Å². The summed E-state index contributed by atoms with van der Waals surface area (Å²) in [5.74, 6) is 0.903. The predicted molar refractivity (Wildman–Crippen MR) is 72.4 cm³/mol. The number of aromatic hydroxyl groups is 1. The van der Waals surface area contributed by atoms with Gasteiger partial charge in [-0.3, -0.25) is 0 Å². The Hall–Kier alpha value is -1.26. The highest BCUT2D eigenvalue weighted by molar-refractivity contribution is 5.50. The van der Waals surface area contributed by atoms with E-state index in [0.717, 1.165) is 50.3 Å². The molecule has 100 valence electrons. The van der Waals surface area contributed by atoms with Crippen molar-refractivity contribution in [1.82, 2.24) is 10.2 Å². The molecule has 4 heteroatoms. The van der Waals surface area contributed by atoms with Crippen molar-refractivity contribution in [3.8, 4) is 11.5 Å². The highest BCUT2D eigenvalue weighted by atomic mass is 16.5. The molecule has 2 N–H and O–H groups in total. The molecule has 0 amide bonds. The number of aryl methyl sites for hydroxylation is 1. The summed E-state index contributed by atoms with van der Waals surface area (Å²) < 4.78 is 5.32. The first-order chi connectivity index (χ1) is 8.72. The Morgan fingerprint density at radius 2 is 2.06 bits per heavy atom. The van der Waals surface area contributed by atoms with E-state index in [1.807, 2.05) is 13.0 Å². The van der Waals surface area contributed by atoms with Crippen molar-refractivity contribution in [2.75, 3.05) is 39.8 Å². The molecule has 1 aliphatic rings. The van der Waals surface area contributed by atoms with Gasteiger partial charge in [-0.05, 0) is 24.5 Å². The molecule has 1 aromatic rings. The quantitative estimate of drug-likeness (QED) is 0.841. The van der Waals surface area contributed by atoms with Crippen LogP contribution in [0.3, 0.4) is 0 Å². The molecule has 0 radical (unpaired) electrons. The number of benzene rings is 1. The monoisotopic (exact) mass is 250 g/mol. The standard InChI is InChI=1S/C14H22N2O2/c1-11-3-4-12(14(18-2)13(11)17)5-8-16-9-6-15-7-10-16/h3-4,15,17H,5-10H2,1-2H3. The Labute approximate surface area is 109 Å². The first-order valence-electron chi connectivity index (χ1n) is 6.51. The lowest BCUT2D eigenvalue weighted by Crippen LogP contribution is -2.44. The van der Waals surface area contributed by atoms with E-state index in [9.17, 15) is 5.11 Å². The predicted octanol–water partition coefficient (Wildman–Crippen LogP) is 1.16. The molecule has 1 heterocycles. The molecular formula is C14H22N2O2. The summed E-state index contributed by atoms with van der Waals surface area (Å²) in [7, 11) is 1.61. The highest BCUT2D eigenvalue weighted by Gasteiger charge is 2.13. The van der Waals surface area contributed by atoms with Crippen LogP contribution >= 0.6 is 0 Å². The Morgan fingerprint density at radius 3 is 2.72 bits per heavy atom. The van der Waals surface area contributed by atoms with Gasteiger partial charge in [-0.25, -0.2) is 0 Å². The largest absolute Gasteiger partial charge is 0.504 e. The SMILES string of the molecule is COc1c(CCN2CCNCC2)ccc(C)c1O. The molecule has 0 spiro atoms. The van der Waals surface area contributed by atoms with E-state index in [-0.39, 0.29) is 5.75 Å². The maximum atomic E-state index is 9.97. The zero-order chi connectivity index (χ0) is 13.0. The Bertz CT molecular complexity index is 401. The lowest BCUT2D eigenvalue weighted by Gasteiger charge is -2.27. The molecule has 0 unspecified atom stereocenters. The lowest BCUT2D eigenvalue weighted by atomic mass is 10.1. The van der Waals surface area contributed by atoms with Crippen LogP contribution in [0.1, 0.15) is 11.1 Å². The summed E-state index contributed by atoms with van der Waals surface area (Å²) in [5, 5.41) is 13.3. The van der Waals surface area contributed by atoms with E-state index < -0.39 is 0 Å². The molecule has 2 rings (SSSR count). The summed E-state index contributed by atoms with van der Waals surface area (Å²) in [5.41, 5.74) is 1.94. The van der Waals surface area contributed by atoms with Crippen LogP contribution in [0, 0.1) is 6.92 Å². The smallest absolute Gasteiger partial charge is 0.163 e. The van der Waals surface area contributed by atoms with Gasteiger partial charge < -0.3 is 20.1 Å². The van der Waals surface area contributed by atoms with Gasteiger partial charge >= 0.3 is 0 Å². The number of rotatable bonds is 4. The minimum absolute atomic E-state index is 0.273. The molecule has 0 aliphatic carbocycles. The van der Waals surface area contributed by atoms with E-state index in [1.165, 1.54) is 0 Å². The zero-order valence-corrected chi connectivity index (χ0v) is 11.2. The third kappa shape index (κ3) is 2.94. The lowest BCUT2D eigenvalue weighted by molar-refractivity contribution is 0.242. The number of phenols is 1. The van der Waals surface area contributed by atoms with Gasteiger partial charge in [0.2, 0.25) is 0 Å². The van der Waals surface area contributed by atoms with E-state index in [1.54, 1.807) is 7.11 Å². The first-order valence-corrected chi connectivity index (χ1v) is 6.51. The number of nitrogens with zero attached hydrogens (tertiary/aromatic N) is 1. The number of hydrogen-bond acceptors (Lipinski definition) is 4. The van der Waals surface area contributed by atoms with Crippen LogP contribution in [0.5, 0.6) is 11.5 Å². The third-order valence-corrected chi connectivity index (χ3v) is 3.53. The normalized spacial score (nSPS) is 16.8. The molecule has 0 aromatic heterocycles. The molecule has 1 aromatic carbocycles. The van der Waals surface area contributed by atoms with Gasteiger partial charge in [0.05, 0.1) is 7.11 Å². The number of ether oxygens (including phenoxy) is 1. The maximum Gasteiger partial charge on any atom is 0.163 e. The number of nitrogens with one attached hydrogen (secondary N) is 1. The third-order valence-electron chi connectivity index (χ3n) is 3.53. The summed E-state index contributed by atoms with van der Waals surface area (Å²) in [6.45, 7) is 7.23. The second-order valence-corrected chi connectivity index (χ2v) is 4.77. The number of piperazine rings is 1. The second-order valence-electron chi connectivity index (χ2n) is 4.77. The maximum absolute atomic E-state index is 9.97. The summed E-state index contributed by atoms with van der Waals surface area (Å²) in [4.78, 5) is 2.44. The Kier molecular flexibility index (Phi) is 4.44. The summed E-state index contributed by atoms with van der Waals surface area (Å²) >= 11 is 0. The number of methoxy groups -OCH3 is 1. The van der Waals surface area contributed by atoms with Crippen LogP contribution in [0.25, 0.3) is 0 Å². The molecule has 4 nitrogen and oxygen atoms in total. The van der Waals surface area contributed by atoms with Crippen molar-refractivity contribution < 1.29 is 9.84 Å². The first kappa shape index (κ1) is 13.2. The fourth-order valence-corrected chi connectivity index (χ4v) is 2.35.